The highest BCUT2D eigenvalue weighted by molar-refractivity contribution is 7.14. The number of hydrogen-bond donors (Lipinski definition) is 1. The first kappa shape index (κ1) is 14.3. The molecule has 1 saturated carbocycles. The summed E-state index contributed by atoms with van der Waals surface area (Å²) in [6.45, 7) is 1.78. The van der Waals surface area contributed by atoms with E-state index in [0.29, 0.717) is 24.1 Å². The van der Waals surface area contributed by atoms with Crippen molar-refractivity contribution in [2.45, 2.75) is 45.4 Å². The van der Waals surface area contributed by atoms with E-state index in [2.05, 4.69) is 15.5 Å². The Kier molecular flexibility index (Phi) is 4.34. The zero-order valence-corrected chi connectivity index (χ0v) is 12.9. The van der Waals surface area contributed by atoms with Crippen molar-refractivity contribution in [3.63, 3.8) is 0 Å². The summed E-state index contributed by atoms with van der Waals surface area (Å²) in [5, 5.41) is 8.71. The Hall–Kier alpha value is -1.69. The molecule has 0 radical (unpaired) electrons. The van der Waals surface area contributed by atoms with Crippen molar-refractivity contribution < 1.29 is 9.32 Å². The molecule has 1 fully saturated rings. The van der Waals surface area contributed by atoms with E-state index in [0.717, 1.165) is 10.6 Å². The van der Waals surface area contributed by atoms with Crippen molar-refractivity contribution in [2.75, 3.05) is 5.32 Å². The number of nitrogens with zero attached hydrogens (tertiary/aromatic N) is 2. The van der Waals surface area contributed by atoms with E-state index in [9.17, 15) is 4.79 Å². The van der Waals surface area contributed by atoms with Gasteiger partial charge in [0, 0.05) is 6.42 Å². The average Bonchev–Trinajstić information content (AvgIpc) is 3.08. The van der Waals surface area contributed by atoms with Crippen LogP contribution in [0.15, 0.2) is 16.0 Å². The third-order valence-corrected chi connectivity index (χ3v) is 4.76. The topological polar surface area (TPSA) is 68.0 Å². The maximum Gasteiger partial charge on any atom is 0.270 e. The number of anilines is 1. The molecule has 6 heteroatoms. The van der Waals surface area contributed by atoms with Crippen LogP contribution in [0.2, 0.25) is 0 Å². The van der Waals surface area contributed by atoms with Gasteiger partial charge in [-0.15, -0.1) is 11.3 Å². The molecule has 1 amide bonds. The molecule has 1 aliphatic rings. The number of aromatic nitrogens is 2. The van der Waals surface area contributed by atoms with Crippen LogP contribution >= 0.6 is 11.3 Å². The molecule has 0 bridgehead atoms. The minimum Gasteiger partial charge on any atom is -0.333 e. The van der Waals surface area contributed by atoms with Crippen molar-refractivity contribution in [3.8, 4) is 10.8 Å². The van der Waals surface area contributed by atoms with Crippen molar-refractivity contribution >= 4 is 22.9 Å². The summed E-state index contributed by atoms with van der Waals surface area (Å²) in [7, 11) is 0. The van der Waals surface area contributed by atoms with E-state index in [1.807, 2.05) is 11.4 Å². The largest absolute Gasteiger partial charge is 0.333 e. The highest BCUT2D eigenvalue weighted by Gasteiger charge is 2.19. The lowest BCUT2D eigenvalue weighted by Crippen LogP contribution is -2.18. The predicted molar refractivity (Wildman–Crippen MR) is 82.2 cm³/mol. The first-order valence-corrected chi connectivity index (χ1v) is 8.28. The summed E-state index contributed by atoms with van der Waals surface area (Å²) in [5.41, 5.74) is 0.768. The quantitative estimate of drug-likeness (QED) is 0.926. The van der Waals surface area contributed by atoms with E-state index in [1.54, 1.807) is 6.92 Å². The van der Waals surface area contributed by atoms with Crippen LogP contribution in [-0.4, -0.2) is 16.0 Å². The van der Waals surface area contributed by atoms with Crippen LogP contribution in [0, 0.1) is 12.8 Å². The van der Waals surface area contributed by atoms with Gasteiger partial charge in [0.1, 0.15) is 4.88 Å². The van der Waals surface area contributed by atoms with Crippen LogP contribution in [-0.2, 0) is 4.79 Å². The zero-order valence-electron chi connectivity index (χ0n) is 12.1. The number of carbonyl (C=O) groups excluding carboxylic acids is 1. The second-order valence-corrected chi connectivity index (χ2v) is 6.48. The third-order valence-electron chi connectivity index (χ3n) is 3.86. The maximum absolute atomic E-state index is 12.2. The van der Waals surface area contributed by atoms with E-state index in [-0.39, 0.29) is 5.91 Å². The van der Waals surface area contributed by atoms with Crippen LogP contribution in [0.5, 0.6) is 0 Å². The first-order chi connectivity index (χ1) is 10.2. The Balaban J connectivity index is 1.65. The van der Waals surface area contributed by atoms with Crippen LogP contribution in [0.1, 0.15) is 44.3 Å². The van der Waals surface area contributed by atoms with Gasteiger partial charge in [-0.25, -0.2) is 0 Å². The second-order valence-electron chi connectivity index (χ2n) is 5.57. The molecule has 1 aliphatic carbocycles. The molecule has 3 rings (SSSR count). The summed E-state index contributed by atoms with van der Waals surface area (Å²) in [6.07, 6.45) is 6.77. The van der Waals surface area contributed by atoms with E-state index in [1.165, 1.54) is 43.4 Å². The van der Waals surface area contributed by atoms with Crippen LogP contribution in [0.25, 0.3) is 10.8 Å². The molecule has 0 aliphatic heterocycles. The number of thiophene rings is 1. The van der Waals surface area contributed by atoms with Crippen molar-refractivity contribution in [1.29, 1.82) is 0 Å². The van der Waals surface area contributed by atoms with E-state index in [4.69, 9.17) is 4.52 Å². The summed E-state index contributed by atoms with van der Waals surface area (Å²) >= 11 is 1.49. The fourth-order valence-corrected chi connectivity index (χ4v) is 3.59. The van der Waals surface area contributed by atoms with Gasteiger partial charge in [-0.3, -0.25) is 4.79 Å². The summed E-state index contributed by atoms with van der Waals surface area (Å²) < 4.78 is 5.18. The Bertz CT molecular complexity index is 614. The van der Waals surface area contributed by atoms with Gasteiger partial charge in [-0.05, 0) is 37.1 Å². The van der Waals surface area contributed by atoms with Gasteiger partial charge < -0.3 is 9.84 Å². The maximum atomic E-state index is 12.2. The number of rotatable bonds is 4. The van der Waals surface area contributed by atoms with Gasteiger partial charge in [0.2, 0.25) is 5.91 Å². The molecule has 0 spiro atoms. The normalized spacial score (nSPS) is 16.0. The molecule has 2 aromatic heterocycles. The van der Waals surface area contributed by atoms with Crippen molar-refractivity contribution in [2.24, 2.45) is 5.92 Å². The fraction of sp³-hybridized carbons (Fsp3) is 0.533. The predicted octanol–water partition coefficient (Wildman–Crippen LogP) is 4.02. The summed E-state index contributed by atoms with van der Waals surface area (Å²) in [4.78, 5) is 17.2. The number of carbonyl (C=O) groups is 1. The molecule has 112 valence electrons. The lowest BCUT2D eigenvalue weighted by atomic mass is 9.87. The Morgan fingerprint density at radius 1 is 1.43 bits per heavy atom. The molecule has 2 aromatic rings. The Morgan fingerprint density at radius 2 is 2.24 bits per heavy atom. The van der Waals surface area contributed by atoms with Crippen LogP contribution in [0.4, 0.5) is 5.69 Å². The SMILES string of the molecule is Cc1noc(-c2sccc2NC(=O)CC2CCCCC2)n1. The number of nitrogens with one attached hydrogen (secondary N) is 1. The van der Waals surface area contributed by atoms with Gasteiger partial charge in [-0.2, -0.15) is 4.98 Å². The molecule has 2 heterocycles. The number of amides is 1. The highest BCUT2D eigenvalue weighted by atomic mass is 32.1. The van der Waals surface area contributed by atoms with Gasteiger partial charge in [-0.1, -0.05) is 24.4 Å². The second kappa shape index (κ2) is 6.39. The number of aryl methyl sites for hydroxylation is 1. The summed E-state index contributed by atoms with van der Waals surface area (Å²) in [6, 6.07) is 1.89. The Labute approximate surface area is 127 Å². The fourth-order valence-electron chi connectivity index (χ4n) is 2.82. The van der Waals surface area contributed by atoms with Gasteiger partial charge >= 0.3 is 0 Å². The smallest absolute Gasteiger partial charge is 0.270 e. The van der Waals surface area contributed by atoms with Gasteiger partial charge in [0.05, 0.1) is 5.69 Å². The zero-order chi connectivity index (χ0) is 14.7. The average molecular weight is 305 g/mol. The lowest BCUT2D eigenvalue weighted by Gasteiger charge is -2.20. The molecule has 0 unspecified atom stereocenters. The molecular weight excluding hydrogens is 286 g/mol. The minimum absolute atomic E-state index is 0.0813. The molecular formula is C15H19N3O2S. The van der Waals surface area contributed by atoms with Crippen LogP contribution in [0.3, 0.4) is 0 Å². The van der Waals surface area contributed by atoms with E-state index < -0.39 is 0 Å². The minimum atomic E-state index is 0.0813. The molecule has 0 saturated heterocycles. The van der Waals surface area contributed by atoms with Gasteiger partial charge in [0.25, 0.3) is 5.89 Å². The monoisotopic (exact) mass is 305 g/mol. The number of hydrogen-bond acceptors (Lipinski definition) is 5. The van der Waals surface area contributed by atoms with Crippen molar-refractivity contribution in [1.82, 2.24) is 10.1 Å². The highest BCUT2D eigenvalue weighted by Crippen LogP contribution is 2.33. The molecule has 0 atom stereocenters. The first-order valence-electron chi connectivity index (χ1n) is 7.40. The molecule has 21 heavy (non-hydrogen) atoms. The van der Waals surface area contributed by atoms with Crippen molar-refractivity contribution in [3.05, 3.63) is 17.3 Å². The standard InChI is InChI=1S/C15H19N3O2S/c1-10-16-15(20-18-10)14-12(7-8-21-14)17-13(19)9-11-5-3-2-4-6-11/h7-8,11H,2-6,9H2,1H3,(H,17,19). The van der Waals surface area contributed by atoms with Crippen LogP contribution < -0.4 is 5.32 Å². The molecule has 0 aromatic carbocycles. The van der Waals surface area contributed by atoms with E-state index >= 15 is 0 Å². The van der Waals surface area contributed by atoms with Gasteiger partial charge in [0.15, 0.2) is 5.82 Å². The summed E-state index contributed by atoms with van der Waals surface area (Å²) in [5.74, 6) is 1.68. The third kappa shape index (κ3) is 3.50. The molecule has 5 nitrogen and oxygen atoms in total. The molecule has 1 N–H and O–H groups in total. The Morgan fingerprint density at radius 3 is 2.95 bits per heavy atom. The lowest BCUT2D eigenvalue weighted by molar-refractivity contribution is -0.117.